The number of fused-ring (bicyclic) bond motifs is 12. The number of hydrogen-bond donors (Lipinski definition) is 0. The first kappa shape index (κ1) is 26.1. The van der Waals surface area contributed by atoms with Gasteiger partial charge in [-0.2, -0.15) is 0 Å². The Kier molecular flexibility index (Phi) is 5.28. The van der Waals surface area contributed by atoms with Crippen molar-refractivity contribution in [1.29, 1.82) is 0 Å². The summed E-state index contributed by atoms with van der Waals surface area (Å²) in [6.07, 6.45) is 1.93. The van der Waals surface area contributed by atoms with E-state index in [1.165, 1.54) is 71.1 Å². The van der Waals surface area contributed by atoms with Crippen molar-refractivity contribution in [2.24, 2.45) is 0 Å². The van der Waals surface area contributed by atoms with Crippen LogP contribution in [0.15, 0.2) is 146 Å². The molecule has 0 saturated carbocycles. The molecule has 0 amide bonds. The van der Waals surface area contributed by atoms with Crippen molar-refractivity contribution in [3.8, 4) is 22.5 Å². The van der Waals surface area contributed by atoms with Gasteiger partial charge in [0.05, 0.1) is 27.8 Å². The van der Waals surface area contributed by atoms with Crippen LogP contribution in [0.3, 0.4) is 0 Å². The summed E-state index contributed by atoms with van der Waals surface area (Å²) in [4.78, 5) is 10.6. The molecule has 0 bridgehead atoms. The van der Waals surface area contributed by atoms with Crippen molar-refractivity contribution in [2.75, 3.05) is 0 Å². The van der Waals surface area contributed by atoms with Crippen LogP contribution in [0.2, 0.25) is 0 Å². The van der Waals surface area contributed by atoms with Gasteiger partial charge < -0.3 is 4.40 Å². The van der Waals surface area contributed by atoms with Gasteiger partial charge in [-0.15, -0.1) is 0 Å². The van der Waals surface area contributed by atoms with Crippen molar-refractivity contribution in [1.82, 2.24) is 14.4 Å². The Morgan fingerprint density at radius 3 is 2.17 bits per heavy atom. The number of rotatable bonds is 2. The molecule has 1 aliphatic rings. The van der Waals surface area contributed by atoms with Crippen LogP contribution >= 0.6 is 0 Å². The molecule has 3 heteroatoms. The Labute approximate surface area is 277 Å². The third kappa shape index (κ3) is 3.53. The molecule has 3 nitrogen and oxygen atoms in total. The van der Waals surface area contributed by atoms with Crippen molar-refractivity contribution in [3.05, 3.63) is 162 Å². The molecule has 0 fully saturated rings. The Morgan fingerprint density at radius 1 is 0.542 bits per heavy atom. The molecule has 224 valence electrons. The first-order valence-electron chi connectivity index (χ1n) is 16.9. The molecular weight excluding hydrogens is 583 g/mol. The fourth-order valence-electron chi connectivity index (χ4n) is 8.66. The zero-order valence-corrected chi connectivity index (χ0v) is 26.2. The van der Waals surface area contributed by atoms with Crippen molar-refractivity contribution in [2.45, 2.75) is 18.8 Å². The normalized spacial score (nSPS) is 14.7. The van der Waals surface area contributed by atoms with E-state index in [0.717, 1.165) is 40.8 Å². The number of hydrogen-bond acceptors (Lipinski definition) is 2. The molecule has 3 aromatic heterocycles. The van der Waals surface area contributed by atoms with Gasteiger partial charge in [0.1, 0.15) is 0 Å². The van der Waals surface area contributed by atoms with Gasteiger partial charge in [0.2, 0.25) is 0 Å². The molecule has 0 N–H and O–H groups in total. The molecule has 3 heterocycles. The van der Waals surface area contributed by atoms with E-state index in [9.17, 15) is 0 Å². The van der Waals surface area contributed by atoms with Gasteiger partial charge in [-0.25, -0.2) is 9.97 Å². The van der Waals surface area contributed by atoms with E-state index < -0.39 is 0 Å². The van der Waals surface area contributed by atoms with Gasteiger partial charge in [-0.3, -0.25) is 0 Å². The first-order valence-corrected chi connectivity index (χ1v) is 16.9. The van der Waals surface area contributed by atoms with E-state index in [1.807, 2.05) is 0 Å². The van der Waals surface area contributed by atoms with Gasteiger partial charge in [0.15, 0.2) is 5.82 Å². The second kappa shape index (κ2) is 9.73. The lowest BCUT2D eigenvalue weighted by Crippen LogP contribution is -2.08. The van der Waals surface area contributed by atoms with Crippen LogP contribution in [0.5, 0.6) is 0 Å². The number of para-hydroxylation sites is 2. The lowest BCUT2D eigenvalue weighted by atomic mass is 9.83. The maximum Gasteiger partial charge on any atom is 0.160 e. The maximum atomic E-state index is 5.50. The molecule has 1 aliphatic carbocycles. The van der Waals surface area contributed by atoms with Crippen molar-refractivity contribution in [3.63, 3.8) is 0 Å². The highest BCUT2D eigenvalue weighted by atomic mass is 14.9. The van der Waals surface area contributed by atoms with Crippen molar-refractivity contribution >= 4 is 59.8 Å². The highest BCUT2D eigenvalue weighted by Crippen LogP contribution is 2.51. The van der Waals surface area contributed by atoms with E-state index in [1.54, 1.807) is 0 Å². The fourth-order valence-corrected chi connectivity index (χ4v) is 8.66. The summed E-state index contributed by atoms with van der Waals surface area (Å²) < 4.78 is 2.53. The summed E-state index contributed by atoms with van der Waals surface area (Å²) in [6, 6.07) is 53.1. The molecule has 1 atom stereocenters. The number of aromatic nitrogens is 3. The van der Waals surface area contributed by atoms with Crippen LogP contribution < -0.4 is 0 Å². The Balaban J connectivity index is 1.35. The van der Waals surface area contributed by atoms with E-state index in [2.05, 4.69) is 150 Å². The van der Waals surface area contributed by atoms with E-state index in [4.69, 9.17) is 9.97 Å². The third-order valence-electron chi connectivity index (χ3n) is 10.7. The molecule has 0 spiro atoms. The largest absolute Gasteiger partial charge is 0.308 e. The maximum absolute atomic E-state index is 5.50. The molecule has 0 radical (unpaired) electrons. The van der Waals surface area contributed by atoms with Crippen LogP contribution in [-0.2, 0) is 6.42 Å². The Morgan fingerprint density at radius 2 is 1.27 bits per heavy atom. The molecule has 7 aromatic carbocycles. The molecule has 48 heavy (non-hydrogen) atoms. The summed E-state index contributed by atoms with van der Waals surface area (Å²) in [6.45, 7) is 0. The molecule has 10 aromatic rings. The summed E-state index contributed by atoms with van der Waals surface area (Å²) in [5, 5.41) is 8.93. The zero-order valence-electron chi connectivity index (χ0n) is 26.2. The van der Waals surface area contributed by atoms with Gasteiger partial charge >= 0.3 is 0 Å². The standard InChI is InChI=1S/C45H29N3/c1-2-13-28(14-3-1)45-46-38-20-10-8-19-33(38)43(47-45)34-23-22-27-12-6-7-17-31(27)35-26-36-32-18-9-11-21-39(32)48-40-25-30-16-5-4-15-29(30)24-37(40)42(41(34)35)44(36)48/h1-21,24-26,34H,22-23H2/t34-/m1/s1. The average molecular weight is 612 g/mol. The lowest BCUT2D eigenvalue weighted by molar-refractivity contribution is 0.715. The minimum Gasteiger partial charge on any atom is -0.308 e. The smallest absolute Gasteiger partial charge is 0.160 e. The number of nitrogens with zero attached hydrogens (tertiary/aromatic N) is 3. The number of benzene rings is 7. The zero-order chi connectivity index (χ0) is 31.3. The van der Waals surface area contributed by atoms with Crippen LogP contribution in [-0.4, -0.2) is 14.4 Å². The third-order valence-corrected chi connectivity index (χ3v) is 10.7. The minimum atomic E-state index is 0.0612. The SMILES string of the molecule is c1ccc(-c2nc([C@@H]3CCc4ccccc4-c4cc5c6ccccc6n6c7cc8ccccc8cc7c(c43)c56)c3ccccc3n2)cc1. The van der Waals surface area contributed by atoms with Crippen molar-refractivity contribution < 1.29 is 0 Å². The van der Waals surface area contributed by atoms with Gasteiger partial charge in [-0.05, 0) is 76.2 Å². The minimum absolute atomic E-state index is 0.0612. The molecule has 0 aliphatic heterocycles. The second-order valence-corrected chi connectivity index (χ2v) is 13.2. The van der Waals surface area contributed by atoms with Gasteiger partial charge in [0, 0.05) is 38.4 Å². The fraction of sp³-hybridized carbons (Fsp3) is 0.0667. The summed E-state index contributed by atoms with van der Waals surface area (Å²) >= 11 is 0. The quantitative estimate of drug-likeness (QED) is 0.195. The topological polar surface area (TPSA) is 30.2 Å². The van der Waals surface area contributed by atoms with Gasteiger partial charge in [-0.1, -0.05) is 115 Å². The predicted molar refractivity (Wildman–Crippen MR) is 199 cm³/mol. The highest BCUT2D eigenvalue weighted by Gasteiger charge is 2.32. The Hall–Kier alpha value is -6.06. The van der Waals surface area contributed by atoms with Crippen LogP contribution in [0.25, 0.3) is 82.3 Å². The van der Waals surface area contributed by atoms with E-state index >= 15 is 0 Å². The lowest BCUT2D eigenvalue weighted by Gasteiger charge is -2.22. The first-order chi connectivity index (χ1) is 23.8. The molecule has 0 unspecified atom stereocenters. The molecule has 0 saturated heterocycles. The summed E-state index contributed by atoms with van der Waals surface area (Å²) in [5.41, 5.74) is 12.4. The summed E-state index contributed by atoms with van der Waals surface area (Å²) in [7, 11) is 0. The van der Waals surface area contributed by atoms with E-state index in [-0.39, 0.29) is 5.92 Å². The number of aryl methyl sites for hydroxylation is 1. The monoisotopic (exact) mass is 611 g/mol. The summed E-state index contributed by atoms with van der Waals surface area (Å²) in [5.74, 6) is 0.844. The average Bonchev–Trinajstić information content (AvgIpc) is 3.59. The molecular formula is C45H29N3. The molecule has 11 rings (SSSR count). The highest BCUT2D eigenvalue weighted by molar-refractivity contribution is 6.27. The Bertz CT molecular complexity index is 2900. The van der Waals surface area contributed by atoms with Gasteiger partial charge in [0.25, 0.3) is 0 Å². The van der Waals surface area contributed by atoms with Crippen LogP contribution in [0.4, 0.5) is 0 Å². The predicted octanol–water partition coefficient (Wildman–Crippen LogP) is 11.3. The second-order valence-electron chi connectivity index (χ2n) is 13.2. The van der Waals surface area contributed by atoms with Crippen LogP contribution in [0.1, 0.15) is 29.2 Å². The van der Waals surface area contributed by atoms with Crippen LogP contribution in [0, 0.1) is 0 Å². The van der Waals surface area contributed by atoms with E-state index in [0.29, 0.717) is 0 Å².